The molecule has 2 rings (SSSR count). The first-order chi connectivity index (χ1) is 4.88. The zero-order valence-electron chi connectivity index (χ0n) is 5.10. The van der Waals surface area contributed by atoms with Gasteiger partial charge in [-0.05, 0) is 6.07 Å². The Morgan fingerprint density at radius 2 is 2.20 bits per heavy atom. The maximum absolute atomic E-state index is 9.07. The van der Waals surface area contributed by atoms with Gasteiger partial charge in [0.2, 0.25) is 0 Å². The quantitative estimate of drug-likeness (QED) is 0.570. The Bertz CT molecular complexity index is 355. The van der Waals surface area contributed by atoms with E-state index < -0.39 is 0 Å². The van der Waals surface area contributed by atoms with Crippen molar-refractivity contribution >= 4 is 5.65 Å². The fraction of sp³-hybridized carbons (Fsp3) is 0. The lowest BCUT2D eigenvalue weighted by atomic mass is 10.6. The molecule has 4 nitrogen and oxygen atoms in total. The van der Waals surface area contributed by atoms with Crippen LogP contribution in [0.25, 0.3) is 5.65 Å². The van der Waals surface area contributed by atoms with Crippen LogP contribution in [0.5, 0.6) is 6.01 Å². The summed E-state index contributed by atoms with van der Waals surface area (Å²) in [6, 6.07) is 1.69. The third-order valence-electron chi connectivity index (χ3n) is 1.30. The highest BCUT2D eigenvalue weighted by Crippen LogP contribution is 2.06. The van der Waals surface area contributed by atoms with Crippen molar-refractivity contribution in [1.29, 1.82) is 0 Å². The van der Waals surface area contributed by atoms with Crippen molar-refractivity contribution in [2.24, 2.45) is 0 Å². The molecule has 2 heterocycles. The number of hydrogen-bond donors (Lipinski definition) is 1. The smallest absolute Gasteiger partial charge is 0.299 e. The molecule has 0 aliphatic carbocycles. The molecule has 0 amide bonds. The van der Waals surface area contributed by atoms with E-state index in [9.17, 15) is 0 Å². The highest BCUT2D eigenvalue weighted by Gasteiger charge is 1.96. The van der Waals surface area contributed by atoms with Crippen LogP contribution in [0.2, 0.25) is 0 Å². The number of hydrogen-bond acceptors (Lipinski definition) is 3. The first kappa shape index (κ1) is 5.22. The molecule has 0 saturated heterocycles. The van der Waals surface area contributed by atoms with Crippen LogP contribution in [0, 0.1) is 0 Å². The van der Waals surface area contributed by atoms with Crippen LogP contribution in [-0.4, -0.2) is 19.5 Å². The van der Waals surface area contributed by atoms with E-state index in [1.165, 1.54) is 10.6 Å². The summed E-state index contributed by atoms with van der Waals surface area (Å²) in [5.41, 5.74) is 0.701. The number of rotatable bonds is 0. The van der Waals surface area contributed by atoms with E-state index in [0.717, 1.165) is 0 Å². The predicted molar refractivity (Wildman–Crippen MR) is 34.7 cm³/mol. The fourth-order valence-corrected chi connectivity index (χ4v) is 0.840. The van der Waals surface area contributed by atoms with Gasteiger partial charge in [0.15, 0.2) is 0 Å². The topological polar surface area (TPSA) is 50.4 Å². The summed E-state index contributed by atoms with van der Waals surface area (Å²) in [7, 11) is 0. The minimum absolute atomic E-state index is 0.0324. The molecule has 0 aromatic carbocycles. The lowest BCUT2D eigenvalue weighted by Gasteiger charge is -1.92. The van der Waals surface area contributed by atoms with E-state index in [1.54, 1.807) is 18.5 Å². The lowest BCUT2D eigenvalue weighted by molar-refractivity contribution is 0.423. The summed E-state index contributed by atoms with van der Waals surface area (Å²) in [5.74, 6) is 0. The molecule has 0 fully saturated rings. The summed E-state index contributed by atoms with van der Waals surface area (Å²) in [6.07, 6.45) is 4.77. The zero-order chi connectivity index (χ0) is 6.97. The van der Waals surface area contributed by atoms with Crippen LogP contribution in [0.1, 0.15) is 0 Å². The first-order valence-corrected chi connectivity index (χ1v) is 2.85. The lowest BCUT2D eigenvalue weighted by Crippen LogP contribution is -1.85. The van der Waals surface area contributed by atoms with Gasteiger partial charge in [0.1, 0.15) is 5.65 Å². The molecule has 0 atom stereocenters. The predicted octanol–water partition coefficient (Wildman–Crippen LogP) is 0.435. The Morgan fingerprint density at radius 3 is 3.00 bits per heavy atom. The van der Waals surface area contributed by atoms with Crippen LogP contribution in [-0.2, 0) is 0 Å². The van der Waals surface area contributed by atoms with Gasteiger partial charge in [-0.2, -0.15) is 0 Å². The van der Waals surface area contributed by atoms with Gasteiger partial charge in [-0.3, -0.25) is 4.40 Å². The monoisotopic (exact) mass is 135 g/mol. The number of aromatic hydroxyl groups is 1. The molecule has 0 spiro atoms. The van der Waals surface area contributed by atoms with Crippen molar-refractivity contribution < 1.29 is 5.11 Å². The normalized spacial score (nSPS) is 10.4. The molecule has 10 heavy (non-hydrogen) atoms. The molecule has 0 saturated carbocycles. The van der Waals surface area contributed by atoms with Gasteiger partial charge in [-0.1, -0.05) is 0 Å². The van der Waals surface area contributed by atoms with Gasteiger partial charge in [0.05, 0.1) is 0 Å². The molecule has 2 aromatic heterocycles. The molecule has 50 valence electrons. The maximum atomic E-state index is 9.07. The summed E-state index contributed by atoms with van der Waals surface area (Å²) in [6.45, 7) is 0. The average Bonchev–Trinajstić information content (AvgIpc) is 2.36. The molecule has 0 unspecified atom stereocenters. The third-order valence-corrected chi connectivity index (χ3v) is 1.30. The number of fused-ring (bicyclic) bond motifs is 1. The average molecular weight is 135 g/mol. The van der Waals surface area contributed by atoms with Gasteiger partial charge in [0.25, 0.3) is 6.01 Å². The third kappa shape index (κ3) is 0.556. The van der Waals surface area contributed by atoms with Crippen LogP contribution in [0.3, 0.4) is 0 Å². The molecule has 2 aromatic rings. The molecule has 1 N–H and O–H groups in total. The molecule has 0 aliphatic rings. The highest BCUT2D eigenvalue weighted by atomic mass is 16.3. The Hall–Kier alpha value is -1.58. The number of nitrogens with zero attached hydrogens (tertiary/aromatic N) is 3. The van der Waals surface area contributed by atoms with E-state index in [4.69, 9.17) is 5.11 Å². The van der Waals surface area contributed by atoms with E-state index in [1.807, 2.05) is 0 Å². The Morgan fingerprint density at radius 1 is 1.30 bits per heavy atom. The minimum atomic E-state index is -0.0324. The second-order valence-electron chi connectivity index (χ2n) is 1.90. The second-order valence-corrected chi connectivity index (χ2v) is 1.90. The Balaban J connectivity index is 2.95. The van der Waals surface area contributed by atoms with E-state index in [2.05, 4.69) is 9.97 Å². The molecular formula is C6H5N3O. The van der Waals surface area contributed by atoms with Crippen molar-refractivity contribution in [3.63, 3.8) is 0 Å². The van der Waals surface area contributed by atoms with Crippen LogP contribution >= 0.6 is 0 Å². The molecular weight excluding hydrogens is 130 g/mol. The van der Waals surface area contributed by atoms with Crippen molar-refractivity contribution in [2.45, 2.75) is 0 Å². The molecule has 0 radical (unpaired) electrons. The van der Waals surface area contributed by atoms with Crippen molar-refractivity contribution in [1.82, 2.24) is 14.4 Å². The van der Waals surface area contributed by atoms with E-state index in [0.29, 0.717) is 5.65 Å². The summed E-state index contributed by atoms with van der Waals surface area (Å²) in [5, 5.41) is 9.07. The first-order valence-electron chi connectivity index (χ1n) is 2.85. The van der Waals surface area contributed by atoms with Gasteiger partial charge < -0.3 is 5.11 Å². The van der Waals surface area contributed by atoms with Gasteiger partial charge in [-0.15, -0.1) is 0 Å². The Kier molecular flexibility index (Phi) is 0.887. The summed E-state index contributed by atoms with van der Waals surface area (Å²) in [4.78, 5) is 7.60. The van der Waals surface area contributed by atoms with Gasteiger partial charge >= 0.3 is 0 Å². The van der Waals surface area contributed by atoms with E-state index >= 15 is 0 Å². The highest BCUT2D eigenvalue weighted by molar-refractivity contribution is 5.37. The second kappa shape index (κ2) is 1.70. The van der Waals surface area contributed by atoms with E-state index in [-0.39, 0.29) is 6.01 Å². The summed E-state index contributed by atoms with van der Waals surface area (Å²) >= 11 is 0. The molecule has 4 heteroatoms. The minimum Gasteiger partial charge on any atom is -0.480 e. The molecule has 0 aliphatic heterocycles. The largest absolute Gasteiger partial charge is 0.480 e. The van der Waals surface area contributed by atoms with Crippen molar-refractivity contribution in [2.75, 3.05) is 0 Å². The number of imidazole rings is 1. The molecule has 0 bridgehead atoms. The maximum Gasteiger partial charge on any atom is 0.299 e. The van der Waals surface area contributed by atoms with Crippen molar-refractivity contribution in [3.8, 4) is 6.01 Å². The standard InChI is InChI=1S/C6H5N3O/c10-6-8-2-1-5-7-3-4-9(5)6/h1-4H,(H,8,10). The zero-order valence-corrected chi connectivity index (χ0v) is 5.10. The van der Waals surface area contributed by atoms with Gasteiger partial charge in [0, 0.05) is 18.6 Å². The van der Waals surface area contributed by atoms with Crippen LogP contribution in [0.4, 0.5) is 0 Å². The van der Waals surface area contributed by atoms with Crippen LogP contribution in [0.15, 0.2) is 24.7 Å². The van der Waals surface area contributed by atoms with Crippen LogP contribution < -0.4 is 0 Å². The Labute approximate surface area is 56.8 Å². The summed E-state index contributed by atoms with van der Waals surface area (Å²) < 4.78 is 1.50. The van der Waals surface area contributed by atoms with Crippen molar-refractivity contribution in [3.05, 3.63) is 24.7 Å². The fourth-order valence-electron chi connectivity index (χ4n) is 0.840. The SMILES string of the molecule is Oc1nccc2nccn12. The number of aromatic nitrogens is 3. The van der Waals surface area contributed by atoms with Gasteiger partial charge in [-0.25, -0.2) is 9.97 Å².